The first-order valence-electron chi connectivity index (χ1n) is 11.0. The third-order valence-corrected chi connectivity index (χ3v) is 6.41. The van der Waals surface area contributed by atoms with Gasteiger partial charge < -0.3 is 14.8 Å². The van der Waals surface area contributed by atoms with E-state index in [1.165, 1.54) is 16.2 Å². The standard InChI is InChI=1S/C26H26N2O5S/c1-5-32-26(31)23-19(18-9-6-15(2)7-10-18)14-34-24(23)27-22(29)13-28-20-12-16(3)8-11-21(20)33-17(4)25(28)30/h6-12,14,17H,5,13H2,1-4H3,(H,27,29). The molecule has 8 heteroatoms. The van der Waals surface area contributed by atoms with Gasteiger partial charge in [-0.1, -0.05) is 35.9 Å². The minimum atomic E-state index is -0.701. The molecule has 0 saturated carbocycles. The Labute approximate surface area is 202 Å². The zero-order valence-corrected chi connectivity index (χ0v) is 20.3. The van der Waals surface area contributed by atoms with Crippen molar-refractivity contribution >= 4 is 39.8 Å². The molecule has 1 atom stereocenters. The van der Waals surface area contributed by atoms with E-state index in [1.807, 2.05) is 55.6 Å². The fourth-order valence-electron chi connectivity index (χ4n) is 3.79. The smallest absolute Gasteiger partial charge is 0.341 e. The molecule has 7 nitrogen and oxygen atoms in total. The largest absolute Gasteiger partial charge is 0.479 e. The summed E-state index contributed by atoms with van der Waals surface area (Å²) >= 11 is 1.25. The minimum Gasteiger partial charge on any atom is -0.479 e. The highest BCUT2D eigenvalue weighted by molar-refractivity contribution is 7.15. The van der Waals surface area contributed by atoms with Gasteiger partial charge in [-0.05, 0) is 51.0 Å². The van der Waals surface area contributed by atoms with Crippen molar-refractivity contribution in [3.63, 3.8) is 0 Å². The number of esters is 1. The molecule has 1 unspecified atom stereocenters. The van der Waals surface area contributed by atoms with E-state index in [1.54, 1.807) is 19.9 Å². The van der Waals surface area contributed by atoms with Crippen LogP contribution in [-0.2, 0) is 14.3 Å². The van der Waals surface area contributed by atoms with Crippen molar-refractivity contribution in [2.45, 2.75) is 33.8 Å². The van der Waals surface area contributed by atoms with Gasteiger partial charge in [0, 0.05) is 10.9 Å². The molecule has 2 aromatic carbocycles. The average molecular weight is 479 g/mol. The predicted molar refractivity (Wildman–Crippen MR) is 133 cm³/mol. The van der Waals surface area contributed by atoms with Gasteiger partial charge in [0.15, 0.2) is 6.10 Å². The zero-order valence-electron chi connectivity index (χ0n) is 19.5. The Morgan fingerprint density at radius 2 is 1.82 bits per heavy atom. The lowest BCUT2D eigenvalue weighted by atomic mass is 10.0. The van der Waals surface area contributed by atoms with Gasteiger partial charge >= 0.3 is 5.97 Å². The summed E-state index contributed by atoms with van der Waals surface area (Å²) in [5, 5.41) is 5.04. The number of amides is 2. The highest BCUT2D eigenvalue weighted by Crippen LogP contribution is 2.37. The third kappa shape index (κ3) is 4.68. The highest BCUT2D eigenvalue weighted by Gasteiger charge is 2.33. The number of anilines is 2. The van der Waals surface area contributed by atoms with Gasteiger partial charge in [-0.2, -0.15) is 0 Å². The normalized spacial score (nSPS) is 14.9. The van der Waals surface area contributed by atoms with Crippen LogP contribution in [0.2, 0.25) is 0 Å². The molecule has 1 aliphatic rings. The molecule has 0 aliphatic carbocycles. The Morgan fingerprint density at radius 3 is 2.53 bits per heavy atom. The first-order valence-corrected chi connectivity index (χ1v) is 11.9. The number of fused-ring (bicyclic) bond motifs is 1. The summed E-state index contributed by atoms with van der Waals surface area (Å²) in [6.45, 7) is 7.29. The predicted octanol–water partition coefficient (Wildman–Crippen LogP) is 4.96. The van der Waals surface area contributed by atoms with E-state index in [9.17, 15) is 14.4 Å². The van der Waals surface area contributed by atoms with Crippen LogP contribution >= 0.6 is 11.3 Å². The van der Waals surface area contributed by atoms with Crippen molar-refractivity contribution in [2.24, 2.45) is 0 Å². The Balaban J connectivity index is 1.62. The molecule has 176 valence electrons. The van der Waals surface area contributed by atoms with Crippen LogP contribution in [0.15, 0.2) is 47.8 Å². The topological polar surface area (TPSA) is 84.9 Å². The molecule has 0 fully saturated rings. The number of ether oxygens (including phenoxy) is 2. The molecule has 2 heterocycles. The van der Waals surface area contributed by atoms with Gasteiger partial charge in [0.1, 0.15) is 22.9 Å². The van der Waals surface area contributed by atoms with E-state index in [4.69, 9.17) is 9.47 Å². The van der Waals surface area contributed by atoms with E-state index in [-0.39, 0.29) is 19.1 Å². The number of nitrogens with zero attached hydrogens (tertiary/aromatic N) is 1. The molecule has 34 heavy (non-hydrogen) atoms. The van der Waals surface area contributed by atoms with Gasteiger partial charge in [0.2, 0.25) is 5.91 Å². The first kappa shape index (κ1) is 23.5. The van der Waals surface area contributed by atoms with Crippen molar-refractivity contribution in [1.29, 1.82) is 0 Å². The molecule has 0 radical (unpaired) electrons. The number of hydrogen-bond acceptors (Lipinski definition) is 6. The molecular formula is C26H26N2O5S. The number of nitrogens with one attached hydrogen (secondary N) is 1. The molecule has 4 rings (SSSR count). The average Bonchev–Trinajstić information content (AvgIpc) is 3.21. The van der Waals surface area contributed by atoms with Crippen LogP contribution in [0.25, 0.3) is 11.1 Å². The van der Waals surface area contributed by atoms with Crippen molar-refractivity contribution < 1.29 is 23.9 Å². The zero-order chi connectivity index (χ0) is 24.4. The Bertz CT molecular complexity index is 1250. The lowest BCUT2D eigenvalue weighted by Gasteiger charge is -2.32. The van der Waals surface area contributed by atoms with Crippen LogP contribution in [0, 0.1) is 13.8 Å². The number of hydrogen-bond donors (Lipinski definition) is 1. The molecule has 3 aromatic rings. The second kappa shape index (κ2) is 9.69. The fourth-order valence-corrected chi connectivity index (χ4v) is 4.76. The monoisotopic (exact) mass is 478 g/mol. The van der Waals surface area contributed by atoms with Crippen LogP contribution in [-0.4, -0.2) is 37.0 Å². The second-order valence-electron chi connectivity index (χ2n) is 8.14. The summed E-state index contributed by atoms with van der Waals surface area (Å²) in [7, 11) is 0. The minimum absolute atomic E-state index is 0.205. The Morgan fingerprint density at radius 1 is 1.12 bits per heavy atom. The molecule has 0 saturated heterocycles. The summed E-state index contributed by atoms with van der Waals surface area (Å²) in [6.07, 6.45) is -0.701. The van der Waals surface area contributed by atoms with Gasteiger partial charge in [-0.15, -0.1) is 11.3 Å². The van der Waals surface area contributed by atoms with Gasteiger partial charge in [-0.3, -0.25) is 14.5 Å². The maximum Gasteiger partial charge on any atom is 0.341 e. The maximum absolute atomic E-state index is 13.1. The number of thiophene rings is 1. The highest BCUT2D eigenvalue weighted by atomic mass is 32.1. The molecule has 1 aromatic heterocycles. The summed E-state index contributed by atoms with van der Waals surface area (Å²) in [5.41, 5.74) is 4.45. The van der Waals surface area contributed by atoms with Crippen molar-refractivity contribution in [1.82, 2.24) is 0 Å². The second-order valence-corrected chi connectivity index (χ2v) is 9.02. The number of rotatable bonds is 6. The van der Waals surface area contributed by atoms with Crippen LogP contribution < -0.4 is 15.0 Å². The molecule has 0 spiro atoms. The third-order valence-electron chi connectivity index (χ3n) is 5.51. The van der Waals surface area contributed by atoms with Crippen LogP contribution in [0.4, 0.5) is 10.7 Å². The van der Waals surface area contributed by atoms with E-state index >= 15 is 0 Å². The summed E-state index contributed by atoms with van der Waals surface area (Å²) < 4.78 is 11.0. The quantitative estimate of drug-likeness (QED) is 0.506. The summed E-state index contributed by atoms with van der Waals surface area (Å²) in [6, 6.07) is 13.3. The lowest BCUT2D eigenvalue weighted by molar-refractivity contribution is -0.127. The van der Waals surface area contributed by atoms with E-state index in [0.29, 0.717) is 27.6 Å². The summed E-state index contributed by atoms with van der Waals surface area (Å²) in [5.74, 6) is -0.676. The van der Waals surface area contributed by atoms with Gasteiger partial charge in [0.25, 0.3) is 5.91 Å². The summed E-state index contributed by atoms with van der Waals surface area (Å²) in [4.78, 5) is 40.1. The van der Waals surface area contributed by atoms with Gasteiger partial charge in [0.05, 0.1) is 12.3 Å². The van der Waals surface area contributed by atoms with E-state index < -0.39 is 18.0 Å². The number of carbonyl (C=O) groups excluding carboxylic acids is 3. The molecule has 0 bridgehead atoms. The van der Waals surface area contributed by atoms with Gasteiger partial charge in [-0.25, -0.2) is 4.79 Å². The fraction of sp³-hybridized carbons (Fsp3) is 0.269. The Hall–Kier alpha value is -3.65. The van der Waals surface area contributed by atoms with Crippen molar-refractivity contribution in [2.75, 3.05) is 23.4 Å². The lowest BCUT2D eigenvalue weighted by Crippen LogP contribution is -2.47. The first-order chi connectivity index (χ1) is 16.3. The van der Waals surface area contributed by atoms with E-state index in [0.717, 1.165) is 16.7 Å². The number of carbonyl (C=O) groups is 3. The molecule has 1 N–H and O–H groups in total. The molecular weight excluding hydrogens is 452 g/mol. The van der Waals surface area contributed by atoms with Crippen LogP contribution in [0.1, 0.15) is 35.3 Å². The van der Waals surface area contributed by atoms with Crippen molar-refractivity contribution in [3.8, 4) is 16.9 Å². The van der Waals surface area contributed by atoms with Crippen molar-refractivity contribution in [3.05, 3.63) is 64.5 Å². The number of benzene rings is 2. The van der Waals surface area contributed by atoms with Crippen LogP contribution in [0.5, 0.6) is 5.75 Å². The van der Waals surface area contributed by atoms with Crippen LogP contribution in [0.3, 0.4) is 0 Å². The molecule has 2 amide bonds. The molecule has 1 aliphatic heterocycles. The SMILES string of the molecule is CCOC(=O)c1c(-c2ccc(C)cc2)csc1NC(=O)CN1C(=O)C(C)Oc2ccc(C)cc21. The number of aryl methyl sites for hydroxylation is 2. The maximum atomic E-state index is 13.1. The Kier molecular flexibility index (Phi) is 6.70. The van der Waals surface area contributed by atoms with E-state index in [2.05, 4.69) is 5.32 Å².